The van der Waals surface area contributed by atoms with Gasteiger partial charge in [0, 0.05) is 5.56 Å². The summed E-state index contributed by atoms with van der Waals surface area (Å²) in [4.78, 5) is 22.2. The van der Waals surface area contributed by atoms with Crippen molar-refractivity contribution >= 4 is 22.6 Å². The first-order chi connectivity index (χ1) is 11.3. The fraction of sp³-hybridized carbons (Fsp3) is 0.167. The van der Waals surface area contributed by atoms with Crippen molar-refractivity contribution in [3.8, 4) is 0 Å². The van der Waals surface area contributed by atoms with Gasteiger partial charge in [-0.1, -0.05) is 30.3 Å². The average molecular weight is 303 g/mol. The van der Waals surface area contributed by atoms with Gasteiger partial charge in [-0.15, -0.1) is 0 Å². The third-order valence-corrected chi connectivity index (χ3v) is 4.99. The normalized spacial score (nSPS) is 25.6. The number of hydrogen-bond acceptors (Lipinski definition) is 4. The van der Waals surface area contributed by atoms with Crippen LogP contribution in [0.3, 0.4) is 0 Å². The number of rotatable bonds is 1. The molecule has 1 N–H and O–H groups in total. The van der Waals surface area contributed by atoms with E-state index in [0.717, 1.165) is 34.4 Å². The van der Waals surface area contributed by atoms with Crippen LogP contribution in [0, 0.1) is 0 Å². The number of quaternary nitrogens is 1. The van der Waals surface area contributed by atoms with Crippen LogP contribution >= 0.6 is 0 Å². The lowest BCUT2D eigenvalue weighted by atomic mass is 10.1. The number of carbonyl (C=O) groups is 1. The molecule has 2 unspecified atom stereocenters. The third kappa shape index (κ3) is 1.50. The molecule has 0 spiro atoms. The molecule has 1 fully saturated rings. The molecule has 0 bridgehead atoms. The second kappa shape index (κ2) is 4.44. The Morgan fingerprint density at radius 2 is 1.87 bits per heavy atom. The lowest BCUT2D eigenvalue weighted by molar-refractivity contribution is 0.0774. The molecular weight excluding hydrogens is 288 g/mol. The molecule has 5 heteroatoms. The van der Waals surface area contributed by atoms with Crippen molar-refractivity contribution in [2.24, 2.45) is 0 Å². The number of hydrogen-bond donors (Lipinski definition) is 1. The Kier molecular flexibility index (Phi) is 2.48. The molecule has 1 saturated heterocycles. The maximum Gasteiger partial charge on any atom is 0.354 e. The molecule has 2 aliphatic heterocycles. The van der Waals surface area contributed by atoms with Gasteiger partial charge in [0.2, 0.25) is 5.82 Å². The Morgan fingerprint density at radius 3 is 2.83 bits per heavy atom. The fourth-order valence-electron chi connectivity index (χ4n) is 4.01. The first-order valence-corrected chi connectivity index (χ1v) is 7.77. The van der Waals surface area contributed by atoms with E-state index in [2.05, 4.69) is 15.3 Å². The van der Waals surface area contributed by atoms with Gasteiger partial charge in [0.05, 0.1) is 23.0 Å². The summed E-state index contributed by atoms with van der Waals surface area (Å²) in [5.74, 6) is 0.922. The van der Waals surface area contributed by atoms with Gasteiger partial charge in [-0.3, -0.25) is 5.32 Å². The van der Waals surface area contributed by atoms with Crippen molar-refractivity contribution in [1.29, 1.82) is 0 Å². The van der Waals surface area contributed by atoms with Crippen LogP contribution in [-0.4, -0.2) is 29.0 Å². The van der Waals surface area contributed by atoms with Gasteiger partial charge in [-0.05, 0) is 18.2 Å². The SMILES string of the molecule is O=C1c2ccccc2C2NCC[N+]12c1ncnc2ccccc12. The second-order valence-corrected chi connectivity index (χ2v) is 6.06. The van der Waals surface area contributed by atoms with E-state index in [9.17, 15) is 4.79 Å². The number of amides is 1. The van der Waals surface area contributed by atoms with Crippen LogP contribution in [0.25, 0.3) is 10.9 Å². The molecule has 2 aromatic carbocycles. The quantitative estimate of drug-likeness (QED) is 0.701. The van der Waals surface area contributed by atoms with Gasteiger partial charge < -0.3 is 0 Å². The van der Waals surface area contributed by atoms with Crippen molar-refractivity contribution < 1.29 is 4.79 Å². The lowest BCUT2D eigenvalue weighted by Gasteiger charge is -2.29. The Balaban J connectivity index is 1.83. The highest BCUT2D eigenvalue weighted by Gasteiger charge is 2.59. The summed E-state index contributed by atoms with van der Waals surface area (Å²) >= 11 is 0. The van der Waals surface area contributed by atoms with Gasteiger partial charge in [-0.2, -0.15) is 9.47 Å². The van der Waals surface area contributed by atoms with Gasteiger partial charge in [0.25, 0.3) is 0 Å². The molecule has 0 saturated carbocycles. The van der Waals surface area contributed by atoms with Crippen molar-refractivity contribution in [3.05, 3.63) is 66.0 Å². The van der Waals surface area contributed by atoms with Crippen LogP contribution < -0.4 is 9.80 Å². The Hall–Kier alpha value is -2.63. The maximum absolute atomic E-state index is 13.3. The highest BCUT2D eigenvalue weighted by molar-refractivity contribution is 6.10. The highest BCUT2D eigenvalue weighted by atomic mass is 16.2. The Labute approximate surface area is 133 Å². The summed E-state index contributed by atoms with van der Waals surface area (Å²) < 4.78 is 0.225. The van der Waals surface area contributed by atoms with E-state index in [-0.39, 0.29) is 16.6 Å². The zero-order valence-electron chi connectivity index (χ0n) is 12.4. The zero-order chi connectivity index (χ0) is 15.4. The van der Waals surface area contributed by atoms with E-state index < -0.39 is 0 Å². The zero-order valence-corrected chi connectivity index (χ0v) is 12.4. The van der Waals surface area contributed by atoms with Gasteiger partial charge in [-0.25, -0.2) is 9.78 Å². The van der Waals surface area contributed by atoms with Crippen molar-refractivity contribution in [2.45, 2.75) is 6.17 Å². The van der Waals surface area contributed by atoms with Gasteiger partial charge in [0.15, 0.2) is 6.17 Å². The Bertz CT molecular complexity index is 949. The number of nitrogens with zero attached hydrogens (tertiary/aromatic N) is 3. The molecule has 2 atom stereocenters. The van der Waals surface area contributed by atoms with Gasteiger partial charge >= 0.3 is 5.91 Å². The molecule has 3 heterocycles. The molecule has 0 radical (unpaired) electrons. The first-order valence-electron chi connectivity index (χ1n) is 7.77. The first kappa shape index (κ1) is 12.9. The fourth-order valence-corrected chi connectivity index (χ4v) is 4.01. The molecule has 5 nitrogen and oxygen atoms in total. The molecule has 1 aromatic heterocycles. The van der Waals surface area contributed by atoms with E-state index in [4.69, 9.17) is 0 Å². The van der Waals surface area contributed by atoms with Crippen LogP contribution in [0.5, 0.6) is 0 Å². The minimum absolute atomic E-state index is 0.0583. The summed E-state index contributed by atoms with van der Waals surface area (Å²) in [6.45, 7) is 1.50. The van der Waals surface area contributed by atoms with Crippen LogP contribution in [0.15, 0.2) is 54.9 Å². The standard InChI is InChI=1S/C18H15N4O/c23-18-13-6-2-1-5-12(13)16-19-9-10-22(16,18)17-14-7-3-4-8-15(14)20-11-21-17/h1-8,11,16,19H,9-10H2/q+1. The number of aromatic nitrogens is 2. The lowest BCUT2D eigenvalue weighted by Crippen LogP contribution is -2.51. The monoisotopic (exact) mass is 303 g/mol. The maximum atomic E-state index is 13.3. The third-order valence-electron chi connectivity index (χ3n) is 4.99. The van der Waals surface area contributed by atoms with Crippen LogP contribution in [-0.2, 0) is 0 Å². The van der Waals surface area contributed by atoms with Crippen molar-refractivity contribution in [3.63, 3.8) is 0 Å². The second-order valence-electron chi connectivity index (χ2n) is 6.06. The molecule has 1 amide bonds. The van der Waals surface area contributed by atoms with E-state index in [1.54, 1.807) is 6.33 Å². The summed E-state index contributed by atoms with van der Waals surface area (Å²) in [7, 11) is 0. The molecule has 5 rings (SSSR count). The largest absolute Gasteiger partial charge is 0.354 e. The minimum Gasteiger partial charge on any atom is -0.257 e. The average Bonchev–Trinajstić information content (AvgIpc) is 3.14. The van der Waals surface area contributed by atoms with E-state index in [1.165, 1.54) is 0 Å². The number of benzene rings is 2. The summed E-state index contributed by atoms with van der Waals surface area (Å²) in [6.07, 6.45) is 1.51. The number of nitrogens with one attached hydrogen (secondary N) is 1. The van der Waals surface area contributed by atoms with E-state index in [0.29, 0.717) is 6.54 Å². The number of carbonyl (C=O) groups excluding carboxylic acids is 1. The molecule has 3 aromatic rings. The van der Waals surface area contributed by atoms with Crippen molar-refractivity contribution in [1.82, 2.24) is 19.8 Å². The number of para-hydroxylation sites is 1. The molecule has 2 aliphatic rings. The topological polar surface area (TPSA) is 54.9 Å². The van der Waals surface area contributed by atoms with E-state index in [1.807, 2.05) is 48.5 Å². The predicted molar refractivity (Wildman–Crippen MR) is 87.7 cm³/mol. The summed E-state index contributed by atoms with van der Waals surface area (Å²) in [5, 5.41) is 4.45. The molecule has 0 aliphatic carbocycles. The van der Waals surface area contributed by atoms with Crippen LogP contribution in [0.1, 0.15) is 22.1 Å². The van der Waals surface area contributed by atoms with Crippen LogP contribution in [0.2, 0.25) is 0 Å². The highest BCUT2D eigenvalue weighted by Crippen LogP contribution is 2.46. The van der Waals surface area contributed by atoms with Crippen LogP contribution in [0.4, 0.5) is 5.82 Å². The van der Waals surface area contributed by atoms with E-state index >= 15 is 0 Å². The van der Waals surface area contributed by atoms with Gasteiger partial charge in [0.1, 0.15) is 12.9 Å². The number of fused-ring (bicyclic) bond motifs is 4. The summed E-state index contributed by atoms with van der Waals surface area (Å²) in [5.41, 5.74) is 2.74. The molecular formula is C18H15N4O+. The Morgan fingerprint density at radius 1 is 1.04 bits per heavy atom. The smallest absolute Gasteiger partial charge is 0.257 e. The predicted octanol–water partition coefficient (Wildman–Crippen LogP) is 2.39. The summed E-state index contributed by atoms with van der Waals surface area (Å²) in [6, 6.07) is 15.8. The minimum atomic E-state index is -0.0583. The molecule has 23 heavy (non-hydrogen) atoms. The van der Waals surface area contributed by atoms with Crippen molar-refractivity contribution in [2.75, 3.05) is 13.1 Å². The molecule has 112 valence electrons.